The number of rotatable bonds is 7. The van der Waals surface area contributed by atoms with Crippen LogP contribution >= 0.6 is 11.3 Å². The Morgan fingerprint density at radius 1 is 1.15 bits per heavy atom. The van der Waals surface area contributed by atoms with Crippen molar-refractivity contribution in [3.63, 3.8) is 0 Å². The van der Waals surface area contributed by atoms with E-state index in [1.54, 1.807) is 31.6 Å². The first-order valence-corrected chi connectivity index (χ1v) is 11.6. The summed E-state index contributed by atoms with van der Waals surface area (Å²) < 4.78 is 16.9. The third-order valence-corrected chi connectivity index (χ3v) is 7.23. The molecule has 0 amide bonds. The third-order valence-electron chi connectivity index (χ3n) is 6.15. The molecule has 0 unspecified atom stereocenters. The van der Waals surface area contributed by atoms with Crippen LogP contribution < -0.4 is 19.3 Å². The molecule has 33 heavy (non-hydrogen) atoms. The molecule has 1 N–H and O–H groups in total. The molecule has 0 spiro atoms. The lowest BCUT2D eigenvalue weighted by molar-refractivity contribution is 0.0601. The van der Waals surface area contributed by atoms with E-state index in [0.29, 0.717) is 28.7 Å². The number of hydrogen-bond acceptors (Lipinski definition) is 9. The number of hydrogen-bond donors (Lipinski definition) is 1. The van der Waals surface area contributed by atoms with Gasteiger partial charge in [0.15, 0.2) is 5.13 Å². The number of ether oxygens (including phenoxy) is 3. The maximum atomic E-state index is 12.7. The molecule has 0 aliphatic carbocycles. The zero-order valence-corrected chi connectivity index (χ0v) is 20.1. The predicted octanol–water partition coefficient (Wildman–Crippen LogP) is 4.08. The Kier molecular flexibility index (Phi) is 6.90. The summed E-state index contributed by atoms with van der Waals surface area (Å²) in [5.74, 6) is 1.25. The predicted molar refractivity (Wildman–Crippen MR) is 131 cm³/mol. The number of aromatic nitrogens is 1. The Morgan fingerprint density at radius 3 is 2.55 bits per heavy atom. The number of esters is 1. The van der Waals surface area contributed by atoms with Gasteiger partial charge in [0.25, 0.3) is 0 Å². The molecule has 4 rings (SSSR count). The molecule has 176 valence electrons. The van der Waals surface area contributed by atoms with Gasteiger partial charge in [0.2, 0.25) is 0 Å². The molecule has 8 nitrogen and oxygen atoms in total. The van der Waals surface area contributed by atoms with Gasteiger partial charge in [-0.25, -0.2) is 9.78 Å². The number of methoxy groups -OCH3 is 3. The zero-order chi connectivity index (χ0) is 23.5. The lowest BCUT2D eigenvalue weighted by atomic mass is 9.98. The summed E-state index contributed by atoms with van der Waals surface area (Å²) in [6.07, 6.45) is 1.90. The average molecular weight is 472 g/mol. The highest BCUT2D eigenvalue weighted by atomic mass is 32.1. The number of aliphatic hydroxyl groups excluding tert-OH is 1. The summed E-state index contributed by atoms with van der Waals surface area (Å²) in [6, 6.07) is 9.33. The fourth-order valence-corrected chi connectivity index (χ4v) is 5.17. The molecule has 1 aliphatic heterocycles. The average Bonchev–Trinajstić information content (AvgIpc) is 3.29. The van der Waals surface area contributed by atoms with Crippen molar-refractivity contribution in [2.45, 2.75) is 12.8 Å². The topological polar surface area (TPSA) is 84.4 Å². The smallest absolute Gasteiger partial charge is 0.340 e. The number of benzene rings is 2. The van der Waals surface area contributed by atoms with Gasteiger partial charge in [-0.3, -0.25) is 0 Å². The number of piperidine rings is 1. The highest BCUT2D eigenvalue weighted by Crippen LogP contribution is 2.40. The van der Waals surface area contributed by atoms with E-state index in [9.17, 15) is 9.90 Å². The van der Waals surface area contributed by atoms with Crippen molar-refractivity contribution in [3.05, 3.63) is 35.9 Å². The molecular formula is C24H29N3O5S. The Balaban J connectivity index is 1.75. The number of carbonyl (C=O) groups is 1. The fourth-order valence-electron chi connectivity index (χ4n) is 4.14. The fraction of sp³-hybridized carbons (Fsp3) is 0.417. The minimum absolute atomic E-state index is 0.237. The zero-order valence-electron chi connectivity index (χ0n) is 19.3. The van der Waals surface area contributed by atoms with Gasteiger partial charge >= 0.3 is 5.97 Å². The summed E-state index contributed by atoms with van der Waals surface area (Å²) in [7, 11) is 6.47. The molecule has 0 radical (unpaired) electrons. The number of aliphatic hydroxyl groups is 1. The van der Waals surface area contributed by atoms with Gasteiger partial charge in [-0.1, -0.05) is 11.3 Å². The molecule has 1 aromatic heterocycles. The first kappa shape index (κ1) is 23.1. The summed E-state index contributed by atoms with van der Waals surface area (Å²) in [6.45, 7) is 1.97. The highest BCUT2D eigenvalue weighted by molar-refractivity contribution is 7.22. The maximum absolute atomic E-state index is 12.7. The first-order valence-electron chi connectivity index (χ1n) is 10.8. The van der Waals surface area contributed by atoms with Crippen LogP contribution in [0, 0.1) is 5.92 Å². The van der Waals surface area contributed by atoms with Crippen LogP contribution in [0.5, 0.6) is 11.5 Å². The van der Waals surface area contributed by atoms with Gasteiger partial charge in [-0.05, 0) is 43.0 Å². The molecule has 1 aliphatic rings. The second-order valence-corrected chi connectivity index (χ2v) is 9.04. The van der Waals surface area contributed by atoms with E-state index in [2.05, 4.69) is 4.90 Å². The maximum Gasteiger partial charge on any atom is 0.340 e. The van der Waals surface area contributed by atoms with E-state index in [-0.39, 0.29) is 6.61 Å². The molecule has 2 aromatic carbocycles. The lowest BCUT2D eigenvalue weighted by Crippen LogP contribution is -2.34. The van der Waals surface area contributed by atoms with Gasteiger partial charge in [-0.15, -0.1) is 0 Å². The number of thiazole rings is 1. The molecule has 3 aromatic rings. The number of anilines is 3. The van der Waals surface area contributed by atoms with Crippen molar-refractivity contribution in [1.29, 1.82) is 0 Å². The van der Waals surface area contributed by atoms with Crippen molar-refractivity contribution in [2.75, 3.05) is 57.9 Å². The SMILES string of the molecule is COC(=O)c1cc2nc(N3CCC(CO)CC3)sc2cc1N(C)c1ccc(OC)cc1OC. The number of fused-ring (bicyclic) bond motifs is 1. The molecule has 0 saturated carbocycles. The van der Waals surface area contributed by atoms with Crippen LogP contribution in [0.4, 0.5) is 16.5 Å². The third kappa shape index (κ3) is 4.56. The Morgan fingerprint density at radius 2 is 1.91 bits per heavy atom. The molecular weight excluding hydrogens is 442 g/mol. The van der Waals surface area contributed by atoms with Crippen molar-refractivity contribution < 1.29 is 24.1 Å². The van der Waals surface area contributed by atoms with Crippen molar-refractivity contribution in [1.82, 2.24) is 4.98 Å². The van der Waals surface area contributed by atoms with Gasteiger partial charge in [0.1, 0.15) is 11.5 Å². The summed E-state index contributed by atoms with van der Waals surface area (Å²) in [5, 5.41) is 10.3. The van der Waals surface area contributed by atoms with Crippen LogP contribution in [0.3, 0.4) is 0 Å². The first-order chi connectivity index (χ1) is 16.0. The van der Waals surface area contributed by atoms with Gasteiger partial charge in [0.05, 0.1) is 48.5 Å². The van der Waals surface area contributed by atoms with E-state index >= 15 is 0 Å². The van der Waals surface area contributed by atoms with Gasteiger partial charge in [0, 0.05) is 32.8 Å². The summed E-state index contributed by atoms with van der Waals surface area (Å²) in [5.41, 5.74) is 2.69. The van der Waals surface area contributed by atoms with Gasteiger partial charge < -0.3 is 29.1 Å². The Hall–Kier alpha value is -3.04. The summed E-state index contributed by atoms with van der Waals surface area (Å²) >= 11 is 1.61. The highest BCUT2D eigenvalue weighted by Gasteiger charge is 2.24. The number of nitrogens with zero attached hydrogens (tertiary/aromatic N) is 3. The van der Waals surface area contributed by atoms with E-state index in [0.717, 1.165) is 47.0 Å². The molecule has 2 heterocycles. The standard InChI is InChI=1S/C24H29N3O5S/c1-26(19-6-5-16(30-2)11-21(19)31-3)20-13-22-18(12-17(20)23(29)32-4)25-24(33-22)27-9-7-15(14-28)8-10-27/h5-6,11-13,15,28H,7-10,14H2,1-4H3. The Labute approximate surface area is 197 Å². The van der Waals surface area contributed by atoms with Crippen LogP contribution in [0.25, 0.3) is 10.2 Å². The summed E-state index contributed by atoms with van der Waals surface area (Å²) in [4.78, 5) is 21.7. The molecule has 0 bridgehead atoms. The largest absolute Gasteiger partial charge is 0.497 e. The minimum atomic E-state index is -0.426. The van der Waals surface area contributed by atoms with Crippen molar-refractivity contribution in [3.8, 4) is 11.5 Å². The van der Waals surface area contributed by atoms with Crippen LogP contribution in [-0.4, -0.2) is 64.1 Å². The molecule has 1 saturated heterocycles. The van der Waals surface area contributed by atoms with Crippen molar-refractivity contribution in [2.24, 2.45) is 5.92 Å². The van der Waals surface area contributed by atoms with E-state index < -0.39 is 5.97 Å². The van der Waals surface area contributed by atoms with Crippen molar-refractivity contribution >= 4 is 44.0 Å². The van der Waals surface area contributed by atoms with E-state index in [4.69, 9.17) is 19.2 Å². The van der Waals surface area contributed by atoms with Crippen LogP contribution in [-0.2, 0) is 4.74 Å². The normalized spacial score (nSPS) is 14.4. The Bertz CT molecular complexity index is 1140. The van der Waals surface area contributed by atoms with E-state index in [1.807, 2.05) is 36.2 Å². The molecule has 9 heteroatoms. The molecule has 0 atom stereocenters. The second kappa shape index (κ2) is 9.84. The monoisotopic (exact) mass is 471 g/mol. The van der Waals surface area contributed by atoms with Gasteiger partial charge in [-0.2, -0.15) is 0 Å². The van der Waals surface area contributed by atoms with E-state index in [1.165, 1.54) is 7.11 Å². The minimum Gasteiger partial charge on any atom is -0.497 e. The number of carbonyl (C=O) groups excluding carboxylic acids is 1. The molecule has 1 fully saturated rings. The van der Waals surface area contributed by atoms with Crippen LogP contribution in [0.15, 0.2) is 30.3 Å². The second-order valence-electron chi connectivity index (χ2n) is 8.03. The quantitative estimate of drug-likeness (QED) is 0.516. The lowest BCUT2D eigenvalue weighted by Gasteiger charge is -2.30. The van der Waals surface area contributed by atoms with Crippen LogP contribution in [0.1, 0.15) is 23.2 Å². The van der Waals surface area contributed by atoms with Crippen LogP contribution in [0.2, 0.25) is 0 Å².